The van der Waals surface area contributed by atoms with Crippen LogP contribution in [0.25, 0.3) is 0 Å². The van der Waals surface area contributed by atoms with Crippen LogP contribution in [0.3, 0.4) is 0 Å². The molecule has 0 saturated carbocycles. The summed E-state index contributed by atoms with van der Waals surface area (Å²) in [6, 6.07) is 10.3. The monoisotopic (exact) mass is 258 g/mol. The molecule has 1 aromatic carbocycles. The Bertz CT molecular complexity index is 429. The molecule has 2 unspecified atom stereocenters. The average Bonchev–Trinajstić information content (AvgIpc) is 2.42. The number of piperidine rings is 1. The molecule has 0 bridgehead atoms. The fourth-order valence-corrected chi connectivity index (χ4v) is 3.64. The standard InChI is InChI=1S/C17H26N2/c1-14-7-3-4-8-16(14)12-19-13-17-9-5-6-10-18(17)11-15(19)2/h3-4,7-8,15,17H,5-6,9-13H2,1-2H3. The third-order valence-electron chi connectivity index (χ3n) is 4.95. The highest BCUT2D eigenvalue weighted by molar-refractivity contribution is 5.25. The van der Waals surface area contributed by atoms with Crippen LogP contribution >= 0.6 is 0 Å². The highest BCUT2D eigenvalue weighted by Crippen LogP contribution is 2.25. The SMILES string of the molecule is Cc1ccccc1CN1CC2CCCCN2CC1C. The summed E-state index contributed by atoms with van der Waals surface area (Å²) in [5, 5.41) is 0. The predicted molar refractivity (Wildman–Crippen MR) is 80.3 cm³/mol. The van der Waals surface area contributed by atoms with Crippen molar-refractivity contribution in [2.75, 3.05) is 19.6 Å². The number of nitrogens with zero attached hydrogens (tertiary/aromatic N) is 2. The molecule has 3 rings (SSSR count). The van der Waals surface area contributed by atoms with Crippen molar-refractivity contribution in [2.45, 2.75) is 51.7 Å². The minimum absolute atomic E-state index is 0.689. The molecule has 2 fully saturated rings. The van der Waals surface area contributed by atoms with Gasteiger partial charge in [0.25, 0.3) is 0 Å². The number of fused-ring (bicyclic) bond motifs is 1. The number of benzene rings is 1. The van der Waals surface area contributed by atoms with Gasteiger partial charge in [-0.25, -0.2) is 0 Å². The van der Waals surface area contributed by atoms with Crippen molar-refractivity contribution in [3.05, 3.63) is 35.4 Å². The van der Waals surface area contributed by atoms with Crippen molar-refractivity contribution in [3.63, 3.8) is 0 Å². The van der Waals surface area contributed by atoms with Gasteiger partial charge in [-0.1, -0.05) is 30.7 Å². The fourth-order valence-electron chi connectivity index (χ4n) is 3.64. The normalized spacial score (nSPS) is 29.2. The highest BCUT2D eigenvalue weighted by Gasteiger charge is 2.32. The maximum Gasteiger partial charge on any atom is 0.0240 e. The topological polar surface area (TPSA) is 6.48 Å². The van der Waals surface area contributed by atoms with Crippen LogP contribution in [-0.2, 0) is 6.54 Å². The van der Waals surface area contributed by atoms with Gasteiger partial charge >= 0.3 is 0 Å². The maximum absolute atomic E-state index is 2.72. The highest BCUT2D eigenvalue weighted by atomic mass is 15.3. The zero-order valence-electron chi connectivity index (χ0n) is 12.3. The molecule has 0 aromatic heterocycles. The summed E-state index contributed by atoms with van der Waals surface area (Å²) in [6.07, 6.45) is 4.23. The second kappa shape index (κ2) is 5.64. The van der Waals surface area contributed by atoms with Gasteiger partial charge < -0.3 is 0 Å². The van der Waals surface area contributed by atoms with Crippen LogP contribution < -0.4 is 0 Å². The van der Waals surface area contributed by atoms with E-state index in [1.807, 2.05) is 0 Å². The molecule has 0 amide bonds. The Morgan fingerprint density at radius 1 is 1.16 bits per heavy atom. The summed E-state index contributed by atoms with van der Waals surface area (Å²) in [5.41, 5.74) is 2.93. The molecule has 0 spiro atoms. The van der Waals surface area contributed by atoms with E-state index < -0.39 is 0 Å². The largest absolute Gasteiger partial charge is 0.298 e. The number of aryl methyl sites for hydroxylation is 1. The van der Waals surface area contributed by atoms with E-state index in [4.69, 9.17) is 0 Å². The number of rotatable bonds is 2. The van der Waals surface area contributed by atoms with E-state index in [-0.39, 0.29) is 0 Å². The number of hydrogen-bond acceptors (Lipinski definition) is 2. The van der Waals surface area contributed by atoms with Gasteiger partial charge in [0.2, 0.25) is 0 Å². The van der Waals surface area contributed by atoms with Crippen LogP contribution in [0.1, 0.15) is 37.3 Å². The summed E-state index contributed by atoms with van der Waals surface area (Å²) in [6.45, 7) is 9.59. The molecule has 104 valence electrons. The molecular formula is C17H26N2. The molecule has 2 aliphatic heterocycles. The fraction of sp³-hybridized carbons (Fsp3) is 0.647. The number of hydrogen-bond donors (Lipinski definition) is 0. The first-order valence-electron chi connectivity index (χ1n) is 7.76. The van der Waals surface area contributed by atoms with Gasteiger partial charge in [0.1, 0.15) is 0 Å². The lowest BCUT2D eigenvalue weighted by molar-refractivity contribution is 0.0110. The van der Waals surface area contributed by atoms with Crippen LogP contribution in [0, 0.1) is 6.92 Å². The lowest BCUT2D eigenvalue weighted by Gasteiger charge is -2.47. The van der Waals surface area contributed by atoms with Crippen LogP contribution in [0.2, 0.25) is 0 Å². The Hall–Kier alpha value is -0.860. The molecule has 2 heteroatoms. The third kappa shape index (κ3) is 2.85. The molecular weight excluding hydrogens is 232 g/mol. The first-order chi connectivity index (χ1) is 9.24. The number of piperazine rings is 1. The van der Waals surface area contributed by atoms with Gasteiger partial charge in [-0.05, 0) is 44.4 Å². The van der Waals surface area contributed by atoms with E-state index in [2.05, 4.69) is 47.9 Å². The van der Waals surface area contributed by atoms with Gasteiger partial charge in [-0.2, -0.15) is 0 Å². The van der Waals surface area contributed by atoms with E-state index in [0.717, 1.165) is 12.6 Å². The Morgan fingerprint density at radius 3 is 2.84 bits per heavy atom. The van der Waals surface area contributed by atoms with E-state index in [1.165, 1.54) is 50.0 Å². The quantitative estimate of drug-likeness (QED) is 0.804. The van der Waals surface area contributed by atoms with Gasteiger partial charge in [0.05, 0.1) is 0 Å². The minimum Gasteiger partial charge on any atom is -0.298 e. The van der Waals surface area contributed by atoms with E-state index in [1.54, 1.807) is 0 Å². The van der Waals surface area contributed by atoms with Gasteiger partial charge in [0.15, 0.2) is 0 Å². The minimum atomic E-state index is 0.689. The summed E-state index contributed by atoms with van der Waals surface area (Å²) in [7, 11) is 0. The zero-order chi connectivity index (χ0) is 13.2. The summed E-state index contributed by atoms with van der Waals surface area (Å²) >= 11 is 0. The Labute approximate surface area is 117 Å². The lowest BCUT2D eigenvalue weighted by Crippen LogP contribution is -2.58. The lowest BCUT2D eigenvalue weighted by atomic mass is 9.96. The second-order valence-corrected chi connectivity index (χ2v) is 6.35. The van der Waals surface area contributed by atoms with Crippen molar-refractivity contribution in [3.8, 4) is 0 Å². The smallest absolute Gasteiger partial charge is 0.0240 e. The van der Waals surface area contributed by atoms with Gasteiger partial charge in [-0.3, -0.25) is 9.80 Å². The van der Waals surface area contributed by atoms with E-state index in [0.29, 0.717) is 6.04 Å². The molecule has 0 N–H and O–H groups in total. The van der Waals surface area contributed by atoms with E-state index in [9.17, 15) is 0 Å². The Kier molecular flexibility index (Phi) is 3.90. The van der Waals surface area contributed by atoms with Crippen LogP contribution in [-0.4, -0.2) is 41.5 Å². The van der Waals surface area contributed by atoms with Crippen LogP contribution in [0.4, 0.5) is 0 Å². The molecule has 2 heterocycles. The van der Waals surface area contributed by atoms with Crippen molar-refractivity contribution in [1.82, 2.24) is 9.80 Å². The summed E-state index contributed by atoms with van der Waals surface area (Å²) in [5.74, 6) is 0. The Balaban J connectivity index is 1.69. The molecule has 19 heavy (non-hydrogen) atoms. The molecule has 2 saturated heterocycles. The predicted octanol–water partition coefficient (Wildman–Crippen LogP) is 3.05. The van der Waals surface area contributed by atoms with Crippen molar-refractivity contribution >= 4 is 0 Å². The molecule has 0 radical (unpaired) electrons. The van der Waals surface area contributed by atoms with E-state index >= 15 is 0 Å². The Morgan fingerprint density at radius 2 is 2.00 bits per heavy atom. The van der Waals surface area contributed by atoms with Crippen LogP contribution in [0.5, 0.6) is 0 Å². The van der Waals surface area contributed by atoms with Crippen LogP contribution in [0.15, 0.2) is 24.3 Å². The maximum atomic E-state index is 2.72. The summed E-state index contributed by atoms with van der Waals surface area (Å²) < 4.78 is 0. The molecule has 2 aliphatic rings. The second-order valence-electron chi connectivity index (χ2n) is 6.35. The first-order valence-corrected chi connectivity index (χ1v) is 7.76. The average molecular weight is 258 g/mol. The van der Waals surface area contributed by atoms with Gasteiger partial charge in [0, 0.05) is 31.7 Å². The molecule has 0 aliphatic carbocycles. The van der Waals surface area contributed by atoms with Crippen molar-refractivity contribution in [1.29, 1.82) is 0 Å². The molecule has 1 aromatic rings. The first kappa shape index (κ1) is 13.1. The molecule has 2 nitrogen and oxygen atoms in total. The van der Waals surface area contributed by atoms with Crippen molar-refractivity contribution in [2.24, 2.45) is 0 Å². The van der Waals surface area contributed by atoms with Gasteiger partial charge in [-0.15, -0.1) is 0 Å². The molecule has 2 atom stereocenters. The zero-order valence-corrected chi connectivity index (χ0v) is 12.3. The van der Waals surface area contributed by atoms with Crippen molar-refractivity contribution < 1.29 is 0 Å². The third-order valence-corrected chi connectivity index (χ3v) is 4.95. The summed E-state index contributed by atoms with van der Waals surface area (Å²) in [4.78, 5) is 5.41.